The number of hydrogen-bond acceptors (Lipinski definition) is 8. The Bertz CT molecular complexity index is 764. The molecule has 0 radical (unpaired) electrons. The van der Waals surface area contributed by atoms with E-state index in [2.05, 4.69) is 29.7 Å². The smallest absolute Gasteiger partial charge is 0.526 e. The Hall–Kier alpha value is -2.58. The maximum Gasteiger partial charge on any atom is 0.576 e. The molecule has 0 amide bonds. The van der Waals surface area contributed by atoms with Crippen molar-refractivity contribution in [3.05, 3.63) is 22.8 Å². The van der Waals surface area contributed by atoms with Crippen LogP contribution in [0.5, 0.6) is 11.5 Å². The predicted octanol–water partition coefficient (Wildman–Crippen LogP) is 2.42. The largest absolute Gasteiger partial charge is 0.576 e. The average molecular weight is 396 g/mol. The second kappa shape index (κ2) is 8.43. The van der Waals surface area contributed by atoms with Crippen molar-refractivity contribution in [2.24, 2.45) is 0 Å². The number of rotatable bonds is 6. The van der Waals surface area contributed by atoms with Crippen molar-refractivity contribution < 1.29 is 9.31 Å². The topological polar surface area (TPSA) is 76.5 Å². The van der Waals surface area contributed by atoms with Gasteiger partial charge in [0.2, 0.25) is 11.9 Å². The van der Waals surface area contributed by atoms with E-state index in [1.807, 2.05) is 27.7 Å². The molecule has 0 aromatic carbocycles. The highest BCUT2D eigenvalue weighted by Crippen LogP contribution is 2.27. The van der Waals surface area contributed by atoms with Crippen LogP contribution in [0.15, 0.2) is 0 Å². The van der Waals surface area contributed by atoms with Crippen LogP contribution in [0.3, 0.4) is 0 Å². The molecule has 0 saturated carbocycles. The zero-order chi connectivity index (χ0) is 20.4. The van der Waals surface area contributed by atoms with E-state index in [0.29, 0.717) is 11.5 Å². The molecule has 29 heavy (non-hydrogen) atoms. The number of nitrogens with zero attached hydrogens (tertiary/aromatic N) is 6. The number of aryl methyl sites for hydroxylation is 4. The lowest BCUT2D eigenvalue weighted by Gasteiger charge is -2.20. The third kappa shape index (κ3) is 4.23. The van der Waals surface area contributed by atoms with E-state index in [1.54, 1.807) is 0 Å². The van der Waals surface area contributed by atoms with Crippen LogP contribution in [0, 0.1) is 27.7 Å². The number of anilines is 2. The standard InChI is InChI=1S/C20H29BN6O2/c1-13-17(14(2)23-19(22-13)26-9-5-6-10-26)28-21-29-18-15(3)24-20(25-16(18)4)27-11-7-8-12-27/h21H,5-12H2,1-4H3. The van der Waals surface area contributed by atoms with Gasteiger partial charge in [0, 0.05) is 26.2 Å². The molecule has 0 aliphatic carbocycles. The molecule has 0 spiro atoms. The SMILES string of the molecule is Cc1nc(N2CCCC2)nc(C)c1OBOc1c(C)nc(N2CCCC2)nc1C. The molecule has 154 valence electrons. The molecule has 0 atom stereocenters. The first-order valence-electron chi connectivity index (χ1n) is 10.5. The fraction of sp³-hybridized carbons (Fsp3) is 0.600. The first-order valence-corrected chi connectivity index (χ1v) is 10.5. The van der Waals surface area contributed by atoms with Crippen LogP contribution >= 0.6 is 0 Å². The van der Waals surface area contributed by atoms with E-state index >= 15 is 0 Å². The van der Waals surface area contributed by atoms with Crippen LogP contribution in [0.4, 0.5) is 11.9 Å². The summed E-state index contributed by atoms with van der Waals surface area (Å²) in [4.78, 5) is 23.0. The fourth-order valence-electron chi connectivity index (χ4n) is 4.06. The monoisotopic (exact) mass is 396 g/mol. The van der Waals surface area contributed by atoms with Crippen molar-refractivity contribution in [2.75, 3.05) is 36.0 Å². The van der Waals surface area contributed by atoms with E-state index in [0.717, 1.165) is 60.9 Å². The second-order valence-electron chi connectivity index (χ2n) is 7.84. The van der Waals surface area contributed by atoms with Crippen LogP contribution in [-0.4, -0.2) is 53.8 Å². The summed E-state index contributed by atoms with van der Waals surface area (Å²) in [5, 5.41) is 0. The molecular formula is C20H29BN6O2. The molecule has 4 rings (SSSR count). The summed E-state index contributed by atoms with van der Waals surface area (Å²) in [5.74, 6) is 2.95. The average Bonchev–Trinajstić information content (AvgIpc) is 3.39. The van der Waals surface area contributed by atoms with Crippen LogP contribution in [0.2, 0.25) is 0 Å². The van der Waals surface area contributed by atoms with Crippen LogP contribution < -0.4 is 19.1 Å². The summed E-state index contributed by atoms with van der Waals surface area (Å²) in [6.07, 6.45) is 4.80. The lowest BCUT2D eigenvalue weighted by Crippen LogP contribution is -2.23. The molecular weight excluding hydrogens is 367 g/mol. The molecule has 2 aliphatic rings. The fourth-order valence-corrected chi connectivity index (χ4v) is 4.06. The van der Waals surface area contributed by atoms with Crippen molar-refractivity contribution in [1.82, 2.24) is 19.9 Å². The Morgan fingerprint density at radius 3 is 1.21 bits per heavy atom. The van der Waals surface area contributed by atoms with Crippen LogP contribution in [0.25, 0.3) is 0 Å². The maximum atomic E-state index is 5.90. The van der Waals surface area contributed by atoms with Gasteiger partial charge in [-0.3, -0.25) is 0 Å². The highest BCUT2D eigenvalue weighted by molar-refractivity contribution is 6.21. The minimum Gasteiger partial charge on any atom is -0.526 e. The minimum absolute atomic E-state index is 0.0716. The lowest BCUT2D eigenvalue weighted by atomic mass is 10.2. The zero-order valence-electron chi connectivity index (χ0n) is 17.9. The molecule has 9 heteroatoms. The van der Waals surface area contributed by atoms with Crippen molar-refractivity contribution in [3.63, 3.8) is 0 Å². The van der Waals surface area contributed by atoms with Gasteiger partial charge in [-0.25, -0.2) is 19.9 Å². The van der Waals surface area contributed by atoms with Gasteiger partial charge in [0.05, 0.1) is 22.8 Å². The quantitative estimate of drug-likeness (QED) is 0.690. The van der Waals surface area contributed by atoms with Crippen LogP contribution in [-0.2, 0) is 0 Å². The summed E-state index contributed by atoms with van der Waals surface area (Å²) >= 11 is 0. The van der Waals surface area contributed by atoms with Gasteiger partial charge in [-0.05, 0) is 53.4 Å². The third-order valence-corrected chi connectivity index (χ3v) is 5.57. The van der Waals surface area contributed by atoms with Crippen molar-refractivity contribution in [3.8, 4) is 11.5 Å². The molecule has 0 N–H and O–H groups in total. The highest BCUT2D eigenvalue weighted by atomic mass is 16.6. The van der Waals surface area contributed by atoms with Gasteiger partial charge in [0.25, 0.3) is 0 Å². The van der Waals surface area contributed by atoms with Gasteiger partial charge in [-0.15, -0.1) is 0 Å². The highest BCUT2D eigenvalue weighted by Gasteiger charge is 2.20. The normalized spacial score (nSPS) is 16.4. The predicted molar refractivity (Wildman–Crippen MR) is 114 cm³/mol. The van der Waals surface area contributed by atoms with E-state index in [-0.39, 0.29) is 7.69 Å². The van der Waals surface area contributed by atoms with E-state index in [9.17, 15) is 0 Å². The summed E-state index contributed by atoms with van der Waals surface area (Å²) < 4.78 is 11.8. The zero-order valence-corrected chi connectivity index (χ0v) is 17.9. The molecule has 4 heterocycles. The van der Waals surface area contributed by atoms with Gasteiger partial charge in [-0.2, -0.15) is 0 Å². The molecule has 0 unspecified atom stereocenters. The number of hydrogen-bond donors (Lipinski definition) is 0. The van der Waals surface area contributed by atoms with Gasteiger partial charge < -0.3 is 19.1 Å². The van der Waals surface area contributed by atoms with E-state index in [4.69, 9.17) is 9.31 Å². The molecule has 0 bridgehead atoms. The van der Waals surface area contributed by atoms with Gasteiger partial charge >= 0.3 is 7.69 Å². The van der Waals surface area contributed by atoms with Crippen LogP contribution in [0.1, 0.15) is 48.5 Å². The Balaban J connectivity index is 1.42. The van der Waals surface area contributed by atoms with Crippen molar-refractivity contribution >= 4 is 19.6 Å². The van der Waals surface area contributed by atoms with E-state index in [1.165, 1.54) is 25.7 Å². The van der Waals surface area contributed by atoms with Gasteiger partial charge in [-0.1, -0.05) is 0 Å². The summed E-state index contributed by atoms with van der Waals surface area (Å²) in [7, 11) is 0.0716. The summed E-state index contributed by atoms with van der Waals surface area (Å²) in [5.41, 5.74) is 3.32. The Labute approximate surface area is 173 Å². The maximum absolute atomic E-state index is 5.90. The van der Waals surface area contributed by atoms with Crippen molar-refractivity contribution in [2.45, 2.75) is 53.4 Å². The molecule has 2 fully saturated rings. The first kappa shape index (κ1) is 19.7. The molecule has 2 aliphatic heterocycles. The molecule has 2 saturated heterocycles. The molecule has 2 aromatic heterocycles. The van der Waals surface area contributed by atoms with Gasteiger partial charge in [0.1, 0.15) is 11.5 Å². The Morgan fingerprint density at radius 2 is 0.897 bits per heavy atom. The first-order chi connectivity index (χ1) is 14.0. The Morgan fingerprint density at radius 1 is 0.586 bits per heavy atom. The summed E-state index contributed by atoms with van der Waals surface area (Å²) in [6, 6.07) is 0. The second-order valence-corrected chi connectivity index (χ2v) is 7.84. The lowest BCUT2D eigenvalue weighted by molar-refractivity contribution is 0.444. The van der Waals surface area contributed by atoms with Gasteiger partial charge in [0.15, 0.2) is 0 Å². The summed E-state index contributed by atoms with van der Waals surface area (Å²) in [6.45, 7) is 11.9. The number of aromatic nitrogens is 4. The third-order valence-electron chi connectivity index (χ3n) is 5.57. The molecule has 8 nitrogen and oxygen atoms in total. The van der Waals surface area contributed by atoms with E-state index < -0.39 is 0 Å². The minimum atomic E-state index is 0.0716. The molecule has 2 aromatic rings. The van der Waals surface area contributed by atoms with Crippen molar-refractivity contribution in [1.29, 1.82) is 0 Å². The Kier molecular flexibility index (Phi) is 5.73.